The van der Waals surface area contributed by atoms with E-state index >= 15 is 0 Å². The van der Waals surface area contributed by atoms with Crippen molar-refractivity contribution in [3.05, 3.63) is 28.8 Å². The van der Waals surface area contributed by atoms with Crippen molar-refractivity contribution in [1.82, 2.24) is 4.90 Å². The fourth-order valence-electron chi connectivity index (χ4n) is 3.11. The van der Waals surface area contributed by atoms with Crippen molar-refractivity contribution in [1.29, 1.82) is 0 Å². The number of aliphatic hydroxyl groups excluding tert-OH is 2. The largest absolute Gasteiger partial charge is 0.508 e. The lowest BCUT2D eigenvalue weighted by Gasteiger charge is -2.35. The molecule has 1 aliphatic heterocycles. The number of rotatable bonds is 4. The number of nitrogens with zero attached hydrogens (tertiary/aromatic N) is 1. The van der Waals surface area contributed by atoms with E-state index in [4.69, 9.17) is 10.8 Å². The predicted molar refractivity (Wildman–Crippen MR) is 86.9 cm³/mol. The summed E-state index contributed by atoms with van der Waals surface area (Å²) in [6, 6.07) is 3.39. The maximum absolute atomic E-state index is 11.9. The van der Waals surface area contributed by atoms with E-state index in [0.717, 1.165) is 16.7 Å². The van der Waals surface area contributed by atoms with Gasteiger partial charge in [-0.05, 0) is 49.8 Å². The van der Waals surface area contributed by atoms with Gasteiger partial charge in [-0.25, -0.2) is 0 Å². The van der Waals surface area contributed by atoms with Crippen molar-refractivity contribution in [3.63, 3.8) is 0 Å². The molecule has 5 N–H and O–H groups in total. The number of likely N-dealkylation sites (tertiary alicyclic amines) is 1. The fourth-order valence-corrected chi connectivity index (χ4v) is 3.11. The molecule has 0 bridgehead atoms. The monoisotopic (exact) mass is 322 g/mol. The zero-order chi connectivity index (χ0) is 17.1. The van der Waals surface area contributed by atoms with Crippen LogP contribution in [-0.4, -0.2) is 51.9 Å². The fraction of sp³-hybridized carbons (Fsp3) is 0.588. The quantitative estimate of drug-likeness (QED) is 0.649. The van der Waals surface area contributed by atoms with Crippen LogP contribution in [0.2, 0.25) is 0 Å². The first-order valence-corrected chi connectivity index (χ1v) is 7.98. The number of phenols is 1. The maximum atomic E-state index is 11.9. The zero-order valence-corrected chi connectivity index (χ0v) is 13.7. The van der Waals surface area contributed by atoms with E-state index in [9.17, 15) is 15.0 Å². The Labute approximate surface area is 136 Å². The van der Waals surface area contributed by atoms with Gasteiger partial charge >= 0.3 is 0 Å². The van der Waals surface area contributed by atoms with Gasteiger partial charge < -0.3 is 26.0 Å². The van der Waals surface area contributed by atoms with Crippen molar-refractivity contribution in [2.24, 2.45) is 11.7 Å². The second-order valence-corrected chi connectivity index (χ2v) is 6.38. The number of hydrogen-bond acceptors (Lipinski definition) is 5. The highest BCUT2D eigenvalue weighted by molar-refractivity contribution is 5.80. The molecule has 0 spiro atoms. The summed E-state index contributed by atoms with van der Waals surface area (Å²) in [6.07, 6.45) is 0.0680. The van der Waals surface area contributed by atoms with Gasteiger partial charge in [0.15, 0.2) is 6.10 Å². The van der Waals surface area contributed by atoms with Crippen molar-refractivity contribution in [3.8, 4) is 5.75 Å². The van der Waals surface area contributed by atoms with Crippen LogP contribution in [0.15, 0.2) is 12.1 Å². The molecule has 2 unspecified atom stereocenters. The Morgan fingerprint density at radius 1 is 1.30 bits per heavy atom. The second-order valence-electron chi connectivity index (χ2n) is 6.38. The number of aromatic hydroxyl groups is 1. The van der Waals surface area contributed by atoms with E-state index in [0.29, 0.717) is 25.9 Å². The van der Waals surface area contributed by atoms with Crippen molar-refractivity contribution >= 4 is 5.91 Å². The first-order chi connectivity index (χ1) is 10.8. The lowest BCUT2D eigenvalue weighted by Crippen LogP contribution is -2.46. The Bertz CT molecular complexity index is 568. The molecule has 1 amide bonds. The smallest absolute Gasteiger partial charge is 0.253 e. The van der Waals surface area contributed by atoms with Gasteiger partial charge in [-0.3, -0.25) is 4.79 Å². The third-order valence-electron chi connectivity index (χ3n) is 4.82. The Balaban J connectivity index is 2.03. The minimum absolute atomic E-state index is 0.165. The summed E-state index contributed by atoms with van der Waals surface area (Å²) >= 11 is 0. The third kappa shape index (κ3) is 3.83. The van der Waals surface area contributed by atoms with E-state index in [1.54, 1.807) is 11.0 Å². The molecule has 1 fully saturated rings. The number of benzene rings is 1. The van der Waals surface area contributed by atoms with Gasteiger partial charge in [0.2, 0.25) is 0 Å². The summed E-state index contributed by atoms with van der Waals surface area (Å²) in [7, 11) is 0. The summed E-state index contributed by atoms with van der Waals surface area (Å²) in [5.41, 5.74) is 9.20. The average Bonchev–Trinajstić information content (AvgIpc) is 2.56. The summed E-state index contributed by atoms with van der Waals surface area (Å²) in [5, 5.41) is 28.4. The number of nitrogens with two attached hydrogens (primary N) is 1. The number of aliphatic hydroxyl groups is 2. The standard InChI is InChI=1S/C17H26N2O4/c1-10-7-13(14(21)8-11(10)2)16(18)12-3-5-19(6-4-12)17(23)15(22)9-20/h7-8,12,15-16,20-22H,3-6,9,18H2,1-2H3. The molecule has 0 saturated carbocycles. The lowest BCUT2D eigenvalue weighted by atomic mass is 9.84. The molecule has 1 aromatic rings. The highest BCUT2D eigenvalue weighted by Crippen LogP contribution is 2.34. The molecule has 6 nitrogen and oxygen atoms in total. The molecule has 23 heavy (non-hydrogen) atoms. The first kappa shape index (κ1) is 17.7. The molecule has 128 valence electrons. The SMILES string of the molecule is Cc1cc(O)c(C(N)C2CCN(C(=O)C(O)CO)CC2)cc1C. The molecule has 0 aliphatic carbocycles. The molecule has 2 rings (SSSR count). The summed E-state index contributed by atoms with van der Waals surface area (Å²) in [5.74, 6) is -0.0540. The van der Waals surface area contributed by atoms with Crippen LogP contribution < -0.4 is 5.73 Å². The summed E-state index contributed by atoms with van der Waals surface area (Å²) < 4.78 is 0. The van der Waals surface area contributed by atoms with Gasteiger partial charge in [0.05, 0.1) is 6.61 Å². The van der Waals surface area contributed by atoms with Crippen LogP contribution in [0.5, 0.6) is 5.75 Å². The topological polar surface area (TPSA) is 107 Å². The van der Waals surface area contributed by atoms with E-state index < -0.39 is 18.6 Å². The van der Waals surface area contributed by atoms with Crippen LogP contribution in [0, 0.1) is 19.8 Å². The molecule has 1 saturated heterocycles. The van der Waals surface area contributed by atoms with Crippen LogP contribution in [0.25, 0.3) is 0 Å². The second kappa shape index (κ2) is 7.29. The molecule has 1 heterocycles. The molecule has 1 aliphatic rings. The normalized spacial score (nSPS) is 18.7. The van der Waals surface area contributed by atoms with Crippen LogP contribution in [0.4, 0.5) is 0 Å². The van der Waals surface area contributed by atoms with Gasteiger partial charge in [-0.1, -0.05) is 6.07 Å². The Kier molecular flexibility index (Phi) is 5.62. The predicted octanol–water partition coefficient (Wildman–Crippen LogP) is 0.601. The molecule has 6 heteroatoms. The van der Waals surface area contributed by atoms with Gasteiger partial charge in [0.1, 0.15) is 5.75 Å². The average molecular weight is 322 g/mol. The van der Waals surface area contributed by atoms with Crippen molar-refractivity contribution in [2.45, 2.75) is 38.8 Å². The minimum atomic E-state index is -1.34. The Hall–Kier alpha value is -1.63. The highest BCUT2D eigenvalue weighted by Gasteiger charge is 2.30. The molecular formula is C17H26N2O4. The van der Waals surface area contributed by atoms with Crippen LogP contribution >= 0.6 is 0 Å². The Morgan fingerprint density at radius 3 is 2.43 bits per heavy atom. The number of carbonyl (C=O) groups excluding carboxylic acids is 1. The number of aryl methyl sites for hydroxylation is 2. The number of carbonyl (C=O) groups is 1. The van der Waals surface area contributed by atoms with E-state index in [1.165, 1.54) is 0 Å². The van der Waals surface area contributed by atoms with Crippen LogP contribution in [-0.2, 0) is 4.79 Å². The third-order valence-corrected chi connectivity index (χ3v) is 4.82. The number of phenolic OH excluding ortho intramolecular Hbond substituents is 1. The molecule has 1 aromatic carbocycles. The van der Waals surface area contributed by atoms with Crippen LogP contribution in [0.3, 0.4) is 0 Å². The van der Waals surface area contributed by atoms with Crippen molar-refractivity contribution < 1.29 is 20.1 Å². The summed E-state index contributed by atoms with van der Waals surface area (Å²) in [6.45, 7) is 4.37. The maximum Gasteiger partial charge on any atom is 0.253 e. The highest BCUT2D eigenvalue weighted by atomic mass is 16.3. The summed E-state index contributed by atoms with van der Waals surface area (Å²) in [4.78, 5) is 13.4. The molecule has 2 atom stereocenters. The molecular weight excluding hydrogens is 296 g/mol. The Morgan fingerprint density at radius 2 is 1.87 bits per heavy atom. The van der Waals surface area contributed by atoms with Crippen molar-refractivity contribution in [2.75, 3.05) is 19.7 Å². The van der Waals surface area contributed by atoms with Gasteiger partial charge in [-0.15, -0.1) is 0 Å². The van der Waals surface area contributed by atoms with Gasteiger partial charge in [-0.2, -0.15) is 0 Å². The van der Waals surface area contributed by atoms with E-state index in [-0.39, 0.29) is 17.7 Å². The minimum Gasteiger partial charge on any atom is -0.508 e. The number of piperidine rings is 1. The molecule has 0 radical (unpaired) electrons. The number of hydrogen-bond donors (Lipinski definition) is 4. The zero-order valence-electron chi connectivity index (χ0n) is 13.7. The van der Waals surface area contributed by atoms with E-state index in [1.807, 2.05) is 19.9 Å². The number of amides is 1. The van der Waals surface area contributed by atoms with E-state index in [2.05, 4.69) is 0 Å². The van der Waals surface area contributed by atoms with Gasteiger partial charge in [0, 0.05) is 24.7 Å². The van der Waals surface area contributed by atoms with Crippen LogP contribution in [0.1, 0.15) is 35.6 Å². The first-order valence-electron chi connectivity index (χ1n) is 7.98. The van der Waals surface area contributed by atoms with Gasteiger partial charge in [0.25, 0.3) is 5.91 Å². The molecule has 0 aromatic heterocycles. The lowest BCUT2D eigenvalue weighted by molar-refractivity contribution is -0.143.